The second kappa shape index (κ2) is 5.07. The zero-order chi connectivity index (χ0) is 14.9. The lowest BCUT2D eigenvalue weighted by Crippen LogP contribution is -2.41. The largest absolute Gasteiger partial charge is 0.377 e. The fraction of sp³-hybridized carbons (Fsp3) is 0.400. The van der Waals surface area contributed by atoms with Crippen LogP contribution in [0.1, 0.15) is 27.7 Å². The topological polar surface area (TPSA) is 71.1 Å². The Morgan fingerprint density at radius 3 is 2.30 bits per heavy atom. The van der Waals surface area contributed by atoms with E-state index in [1.165, 1.54) is 0 Å². The van der Waals surface area contributed by atoms with Gasteiger partial charge in [-0.15, -0.1) is 0 Å². The molecule has 0 radical (unpaired) electrons. The molecule has 1 heterocycles. The van der Waals surface area contributed by atoms with Crippen LogP contribution < -0.4 is 21.5 Å². The van der Waals surface area contributed by atoms with E-state index in [4.69, 9.17) is 0 Å². The minimum Gasteiger partial charge on any atom is -0.377 e. The summed E-state index contributed by atoms with van der Waals surface area (Å²) in [7, 11) is 0. The van der Waals surface area contributed by atoms with Crippen molar-refractivity contribution in [2.24, 2.45) is 5.41 Å². The molecule has 2 N–H and O–H groups in total. The van der Waals surface area contributed by atoms with E-state index >= 15 is 0 Å². The molecule has 5 nitrogen and oxygen atoms in total. The van der Waals surface area contributed by atoms with Crippen molar-refractivity contribution in [3.8, 4) is 0 Å². The molecule has 1 atom stereocenters. The number of nitrogens with zero attached hydrogens (tertiary/aromatic N) is 1. The van der Waals surface area contributed by atoms with Crippen molar-refractivity contribution >= 4 is 17.2 Å². The SMILES string of the molecule is CC(Nc1c(Nc2ccccn2)c(=O)c1=O)C(C)(C)C. The highest BCUT2D eigenvalue weighted by molar-refractivity contribution is 5.78. The van der Waals surface area contributed by atoms with Crippen molar-refractivity contribution in [3.05, 3.63) is 44.8 Å². The van der Waals surface area contributed by atoms with Gasteiger partial charge in [0.05, 0.1) is 0 Å². The van der Waals surface area contributed by atoms with Crippen LogP contribution in [-0.4, -0.2) is 11.0 Å². The maximum absolute atomic E-state index is 11.7. The van der Waals surface area contributed by atoms with Gasteiger partial charge in [-0.25, -0.2) is 4.98 Å². The Balaban J connectivity index is 2.22. The Morgan fingerprint density at radius 2 is 1.75 bits per heavy atom. The Morgan fingerprint density at radius 1 is 1.10 bits per heavy atom. The Kier molecular flexibility index (Phi) is 3.61. The number of nitrogens with one attached hydrogen (secondary N) is 2. The summed E-state index contributed by atoms with van der Waals surface area (Å²) in [6.45, 7) is 8.20. The third-order valence-electron chi connectivity index (χ3n) is 3.49. The molecule has 20 heavy (non-hydrogen) atoms. The van der Waals surface area contributed by atoms with Crippen molar-refractivity contribution in [2.45, 2.75) is 33.7 Å². The second-order valence-corrected chi connectivity index (χ2v) is 5.98. The summed E-state index contributed by atoms with van der Waals surface area (Å²) in [5, 5.41) is 6.03. The standard InChI is InChI=1S/C15H19N3O2/c1-9(15(2,3)4)17-11-12(14(20)13(11)19)18-10-7-5-6-8-16-10/h5-9,17H,1-4H3,(H,16,18). The lowest BCUT2D eigenvalue weighted by Gasteiger charge is -2.30. The van der Waals surface area contributed by atoms with Gasteiger partial charge in [-0.05, 0) is 24.5 Å². The second-order valence-electron chi connectivity index (χ2n) is 5.98. The van der Waals surface area contributed by atoms with Gasteiger partial charge in [0.25, 0.3) is 10.9 Å². The summed E-state index contributed by atoms with van der Waals surface area (Å²) in [5.74, 6) is 0.547. The van der Waals surface area contributed by atoms with Gasteiger partial charge >= 0.3 is 0 Å². The first kappa shape index (κ1) is 14.2. The van der Waals surface area contributed by atoms with Crippen molar-refractivity contribution in [1.29, 1.82) is 0 Å². The van der Waals surface area contributed by atoms with Crippen LogP contribution in [0.15, 0.2) is 34.0 Å². The fourth-order valence-corrected chi connectivity index (χ4v) is 1.65. The Bertz CT molecular complexity index is 665. The highest BCUT2D eigenvalue weighted by atomic mass is 16.2. The summed E-state index contributed by atoms with van der Waals surface area (Å²) < 4.78 is 0. The third kappa shape index (κ3) is 2.71. The lowest BCUT2D eigenvalue weighted by atomic mass is 9.87. The summed E-state index contributed by atoms with van der Waals surface area (Å²) in [6.07, 6.45) is 1.62. The van der Waals surface area contributed by atoms with Gasteiger partial charge < -0.3 is 10.6 Å². The maximum atomic E-state index is 11.7. The summed E-state index contributed by atoms with van der Waals surface area (Å²) in [6, 6.07) is 5.41. The van der Waals surface area contributed by atoms with Crippen LogP contribution in [0.25, 0.3) is 0 Å². The summed E-state index contributed by atoms with van der Waals surface area (Å²) in [4.78, 5) is 27.4. The van der Waals surface area contributed by atoms with E-state index in [0.717, 1.165) is 0 Å². The van der Waals surface area contributed by atoms with E-state index in [1.807, 2.05) is 13.0 Å². The molecule has 5 heteroatoms. The minimum absolute atomic E-state index is 0.0119. The molecule has 0 fully saturated rings. The van der Waals surface area contributed by atoms with Crippen LogP contribution in [0.2, 0.25) is 0 Å². The van der Waals surface area contributed by atoms with Crippen LogP contribution in [0, 0.1) is 5.41 Å². The van der Waals surface area contributed by atoms with Gasteiger partial charge in [-0.3, -0.25) is 9.59 Å². The highest BCUT2D eigenvalue weighted by Gasteiger charge is 2.26. The number of hydrogen-bond acceptors (Lipinski definition) is 5. The van der Waals surface area contributed by atoms with E-state index in [2.05, 4.69) is 36.4 Å². The van der Waals surface area contributed by atoms with E-state index < -0.39 is 10.9 Å². The Hall–Kier alpha value is -2.17. The molecule has 0 spiro atoms. The van der Waals surface area contributed by atoms with Gasteiger partial charge in [0.15, 0.2) is 0 Å². The normalized spacial score (nSPS) is 13.2. The van der Waals surface area contributed by atoms with Crippen LogP contribution in [0.5, 0.6) is 0 Å². The van der Waals surface area contributed by atoms with Gasteiger partial charge in [0.1, 0.15) is 17.2 Å². The van der Waals surface area contributed by atoms with Crippen molar-refractivity contribution < 1.29 is 0 Å². The molecule has 2 rings (SSSR count). The molecule has 2 aromatic rings. The smallest absolute Gasteiger partial charge is 0.253 e. The summed E-state index contributed by atoms with van der Waals surface area (Å²) >= 11 is 0. The number of pyridine rings is 1. The molecule has 0 bridgehead atoms. The van der Waals surface area contributed by atoms with Gasteiger partial charge in [-0.1, -0.05) is 26.8 Å². The minimum atomic E-state index is -0.501. The van der Waals surface area contributed by atoms with Crippen LogP contribution in [0.3, 0.4) is 0 Å². The van der Waals surface area contributed by atoms with Gasteiger partial charge in [0, 0.05) is 12.2 Å². The first-order valence-corrected chi connectivity index (χ1v) is 6.58. The van der Waals surface area contributed by atoms with Crippen LogP contribution >= 0.6 is 0 Å². The molecule has 0 saturated carbocycles. The number of rotatable bonds is 4. The Labute approximate surface area is 117 Å². The van der Waals surface area contributed by atoms with Crippen LogP contribution in [0.4, 0.5) is 17.2 Å². The van der Waals surface area contributed by atoms with E-state index in [1.54, 1.807) is 18.3 Å². The fourth-order valence-electron chi connectivity index (χ4n) is 1.65. The van der Waals surface area contributed by atoms with Gasteiger partial charge in [0.2, 0.25) is 0 Å². The molecular weight excluding hydrogens is 254 g/mol. The molecule has 0 aliphatic rings. The van der Waals surface area contributed by atoms with E-state index in [9.17, 15) is 9.59 Å². The van der Waals surface area contributed by atoms with E-state index in [0.29, 0.717) is 17.2 Å². The molecule has 1 aromatic carbocycles. The lowest BCUT2D eigenvalue weighted by molar-refractivity contribution is 0.359. The third-order valence-corrected chi connectivity index (χ3v) is 3.49. The summed E-state index contributed by atoms with van der Waals surface area (Å²) in [5.41, 5.74) is -0.339. The van der Waals surface area contributed by atoms with Crippen molar-refractivity contribution in [2.75, 3.05) is 10.6 Å². The van der Waals surface area contributed by atoms with Crippen molar-refractivity contribution in [3.63, 3.8) is 0 Å². The average molecular weight is 273 g/mol. The predicted molar refractivity (Wildman–Crippen MR) is 81.4 cm³/mol. The van der Waals surface area contributed by atoms with Crippen LogP contribution in [-0.2, 0) is 0 Å². The highest BCUT2D eigenvalue weighted by Crippen LogP contribution is 2.25. The predicted octanol–water partition coefficient (Wildman–Crippen LogP) is 2.27. The molecule has 0 amide bonds. The molecule has 1 unspecified atom stereocenters. The zero-order valence-electron chi connectivity index (χ0n) is 12.2. The number of aromatic nitrogens is 1. The molecule has 106 valence electrons. The zero-order valence-corrected chi connectivity index (χ0v) is 12.2. The maximum Gasteiger partial charge on any atom is 0.253 e. The van der Waals surface area contributed by atoms with Gasteiger partial charge in [-0.2, -0.15) is 0 Å². The number of hydrogen-bond donors (Lipinski definition) is 2. The van der Waals surface area contributed by atoms with E-state index in [-0.39, 0.29) is 11.5 Å². The monoisotopic (exact) mass is 273 g/mol. The molecule has 0 aliphatic heterocycles. The number of anilines is 3. The molecular formula is C15H19N3O2. The first-order chi connectivity index (χ1) is 9.30. The van der Waals surface area contributed by atoms with Crippen molar-refractivity contribution in [1.82, 2.24) is 4.98 Å². The molecule has 0 aliphatic carbocycles. The average Bonchev–Trinajstić information content (AvgIpc) is 2.42. The first-order valence-electron chi connectivity index (χ1n) is 6.58. The quantitative estimate of drug-likeness (QED) is 0.836. The molecule has 1 aromatic heterocycles. The molecule has 0 saturated heterocycles.